The average Bonchev–Trinajstić information content (AvgIpc) is 2.22. The number of aliphatic hydroxyl groups excluding tert-OH is 1. The summed E-state index contributed by atoms with van der Waals surface area (Å²) in [4.78, 5) is 0. The van der Waals surface area contributed by atoms with Gasteiger partial charge in [0.25, 0.3) is 0 Å². The van der Waals surface area contributed by atoms with Gasteiger partial charge in [-0.3, -0.25) is 0 Å². The molecule has 0 radical (unpaired) electrons. The molecule has 1 aromatic carbocycles. The van der Waals surface area contributed by atoms with Gasteiger partial charge < -0.3 is 10.4 Å². The summed E-state index contributed by atoms with van der Waals surface area (Å²) >= 11 is 0. The van der Waals surface area contributed by atoms with Gasteiger partial charge >= 0.3 is 0 Å². The molecule has 0 amide bonds. The fourth-order valence-corrected chi connectivity index (χ4v) is 1.53. The summed E-state index contributed by atoms with van der Waals surface area (Å²) < 4.78 is 25.7. The predicted octanol–water partition coefficient (Wildman–Crippen LogP) is 2.46. The van der Waals surface area contributed by atoms with Crippen LogP contribution < -0.4 is 5.32 Å². The van der Waals surface area contributed by atoms with E-state index in [-0.39, 0.29) is 12.0 Å². The molecule has 2 nitrogen and oxygen atoms in total. The molecule has 1 unspecified atom stereocenters. The van der Waals surface area contributed by atoms with Crippen molar-refractivity contribution in [1.29, 1.82) is 0 Å². The van der Waals surface area contributed by atoms with Crippen molar-refractivity contribution in [2.24, 2.45) is 5.92 Å². The van der Waals surface area contributed by atoms with E-state index in [0.29, 0.717) is 25.1 Å². The van der Waals surface area contributed by atoms with E-state index in [4.69, 9.17) is 0 Å². The first-order chi connectivity index (χ1) is 7.99. The summed E-state index contributed by atoms with van der Waals surface area (Å²) in [6.45, 7) is 4.93. The van der Waals surface area contributed by atoms with Crippen LogP contribution in [-0.4, -0.2) is 17.8 Å². The summed E-state index contributed by atoms with van der Waals surface area (Å²) in [6, 6.07) is 3.45. The lowest BCUT2D eigenvalue weighted by atomic mass is 10.0. The second-order valence-electron chi connectivity index (χ2n) is 4.55. The minimum absolute atomic E-state index is 0.225. The Morgan fingerprint density at radius 2 is 1.76 bits per heavy atom. The van der Waals surface area contributed by atoms with E-state index < -0.39 is 11.6 Å². The summed E-state index contributed by atoms with van der Waals surface area (Å²) in [7, 11) is 0. The third kappa shape index (κ3) is 5.24. The first-order valence-electron chi connectivity index (χ1n) is 5.83. The first-order valence-corrected chi connectivity index (χ1v) is 5.83. The molecule has 0 saturated carbocycles. The number of nitrogens with one attached hydrogen (secondary N) is 1. The smallest absolute Gasteiger partial charge is 0.126 e. The van der Waals surface area contributed by atoms with Crippen LogP contribution in [0.1, 0.15) is 25.8 Å². The number of rotatable bonds is 6. The van der Waals surface area contributed by atoms with Crippen LogP contribution >= 0.6 is 0 Å². The van der Waals surface area contributed by atoms with Gasteiger partial charge in [-0.05, 0) is 36.6 Å². The first kappa shape index (κ1) is 14.1. The lowest BCUT2D eigenvalue weighted by Crippen LogP contribution is -2.23. The standard InChI is InChI=1S/C13H19F2NO/c1-9(2)13(17)3-4-16-8-10-5-11(14)7-12(15)6-10/h5-7,9,13,16-17H,3-4,8H2,1-2H3. The monoisotopic (exact) mass is 243 g/mol. The fraction of sp³-hybridized carbons (Fsp3) is 0.538. The van der Waals surface area contributed by atoms with Gasteiger partial charge in [-0.2, -0.15) is 0 Å². The van der Waals surface area contributed by atoms with Crippen LogP contribution in [0.15, 0.2) is 18.2 Å². The van der Waals surface area contributed by atoms with E-state index in [0.717, 1.165) is 6.07 Å². The molecule has 0 bridgehead atoms. The Morgan fingerprint density at radius 3 is 2.29 bits per heavy atom. The summed E-state index contributed by atoms with van der Waals surface area (Å²) in [5.74, 6) is -0.906. The van der Waals surface area contributed by atoms with Crippen LogP contribution in [0.3, 0.4) is 0 Å². The van der Waals surface area contributed by atoms with Gasteiger partial charge in [-0.1, -0.05) is 13.8 Å². The number of hydrogen-bond donors (Lipinski definition) is 2. The Kier molecular flexibility index (Phi) is 5.51. The van der Waals surface area contributed by atoms with Crippen molar-refractivity contribution in [3.63, 3.8) is 0 Å². The van der Waals surface area contributed by atoms with Crippen molar-refractivity contribution in [1.82, 2.24) is 5.32 Å². The molecule has 2 N–H and O–H groups in total. The maximum Gasteiger partial charge on any atom is 0.126 e. The SMILES string of the molecule is CC(C)C(O)CCNCc1cc(F)cc(F)c1. The molecule has 0 aliphatic rings. The molecule has 96 valence electrons. The van der Waals surface area contributed by atoms with Gasteiger partial charge in [0.1, 0.15) is 11.6 Å². The second kappa shape index (κ2) is 6.67. The van der Waals surface area contributed by atoms with E-state index in [2.05, 4.69) is 5.32 Å². The molecule has 1 aromatic rings. The maximum absolute atomic E-state index is 12.9. The number of aliphatic hydroxyl groups is 1. The van der Waals surface area contributed by atoms with Crippen LogP contribution in [-0.2, 0) is 6.54 Å². The van der Waals surface area contributed by atoms with E-state index >= 15 is 0 Å². The number of halogens is 2. The van der Waals surface area contributed by atoms with Crippen molar-refractivity contribution in [2.45, 2.75) is 32.9 Å². The largest absolute Gasteiger partial charge is 0.393 e. The van der Waals surface area contributed by atoms with Crippen LogP contribution in [0.2, 0.25) is 0 Å². The fourth-order valence-electron chi connectivity index (χ4n) is 1.53. The Morgan fingerprint density at radius 1 is 1.18 bits per heavy atom. The van der Waals surface area contributed by atoms with Crippen molar-refractivity contribution in [2.75, 3.05) is 6.54 Å². The van der Waals surface area contributed by atoms with Gasteiger partial charge in [0.15, 0.2) is 0 Å². The van der Waals surface area contributed by atoms with Crippen LogP contribution in [0.25, 0.3) is 0 Å². The summed E-state index contributed by atoms with van der Waals surface area (Å²) in [5, 5.41) is 12.6. The molecule has 4 heteroatoms. The van der Waals surface area contributed by atoms with E-state index in [1.165, 1.54) is 12.1 Å². The number of benzene rings is 1. The predicted molar refractivity (Wildman–Crippen MR) is 63.5 cm³/mol. The summed E-state index contributed by atoms with van der Waals surface area (Å²) in [6.07, 6.45) is 0.293. The highest BCUT2D eigenvalue weighted by Gasteiger charge is 2.08. The maximum atomic E-state index is 12.9. The van der Waals surface area contributed by atoms with Gasteiger partial charge in [0, 0.05) is 12.6 Å². The minimum Gasteiger partial charge on any atom is -0.393 e. The Balaban J connectivity index is 2.31. The second-order valence-corrected chi connectivity index (χ2v) is 4.55. The van der Waals surface area contributed by atoms with E-state index in [1.807, 2.05) is 13.8 Å². The van der Waals surface area contributed by atoms with Crippen molar-refractivity contribution >= 4 is 0 Å². The highest BCUT2D eigenvalue weighted by molar-refractivity contribution is 5.17. The molecule has 1 rings (SSSR count). The van der Waals surface area contributed by atoms with Gasteiger partial charge in [0.05, 0.1) is 6.10 Å². The molecule has 0 spiro atoms. The zero-order valence-electron chi connectivity index (χ0n) is 10.2. The van der Waals surface area contributed by atoms with Crippen molar-refractivity contribution in [3.8, 4) is 0 Å². The van der Waals surface area contributed by atoms with Crippen LogP contribution in [0.4, 0.5) is 8.78 Å². The van der Waals surface area contributed by atoms with E-state index in [9.17, 15) is 13.9 Å². The normalized spacial score (nSPS) is 13.1. The van der Waals surface area contributed by atoms with Gasteiger partial charge in [0.2, 0.25) is 0 Å². The van der Waals surface area contributed by atoms with Crippen LogP contribution in [0.5, 0.6) is 0 Å². The topological polar surface area (TPSA) is 32.3 Å². The molecular weight excluding hydrogens is 224 g/mol. The average molecular weight is 243 g/mol. The molecule has 0 heterocycles. The zero-order valence-corrected chi connectivity index (χ0v) is 10.2. The molecule has 0 aliphatic heterocycles. The number of hydrogen-bond acceptors (Lipinski definition) is 2. The van der Waals surface area contributed by atoms with E-state index in [1.54, 1.807) is 0 Å². The lowest BCUT2D eigenvalue weighted by molar-refractivity contribution is 0.116. The molecule has 0 saturated heterocycles. The Hall–Kier alpha value is -1.00. The quantitative estimate of drug-likeness (QED) is 0.752. The zero-order chi connectivity index (χ0) is 12.8. The highest BCUT2D eigenvalue weighted by atomic mass is 19.1. The molecule has 0 aliphatic carbocycles. The van der Waals surface area contributed by atoms with Gasteiger partial charge in [-0.15, -0.1) is 0 Å². The lowest BCUT2D eigenvalue weighted by Gasteiger charge is -2.14. The van der Waals surface area contributed by atoms with Crippen molar-refractivity contribution < 1.29 is 13.9 Å². The Bertz CT molecular complexity index is 335. The minimum atomic E-state index is -0.566. The molecule has 0 fully saturated rings. The molecule has 17 heavy (non-hydrogen) atoms. The summed E-state index contributed by atoms with van der Waals surface area (Å²) in [5.41, 5.74) is 0.571. The third-order valence-electron chi connectivity index (χ3n) is 2.64. The van der Waals surface area contributed by atoms with Crippen molar-refractivity contribution in [3.05, 3.63) is 35.4 Å². The molecular formula is C13H19F2NO. The molecule has 1 atom stereocenters. The van der Waals surface area contributed by atoms with Crippen LogP contribution in [0, 0.1) is 17.6 Å². The van der Waals surface area contributed by atoms with Gasteiger partial charge in [-0.25, -0.2) is 8.78 Å². The third-order valence-corrected chi connectivity index (χ3v) is 2.64. The Labute approximate surface area is 101 Å². The highest BCUT2D eigenvalue weighted by Crippen LogP contribution is 2.08. The molecule has 0 aromatic heterocycles.